The highest BCUT2D eigenvalue weighted by atomic mass is 32.2. The van der Waals surface area contributed by atoms with E-state index in [-0.39, 0.29) is 5.56 Å². The Hall–Kier alpha value is -2.26. The van der Waals surface area contributed by atoms with Crippen molar-refractivity contribution >= 4 is 9.84 Å². The molecule has 2 aromatic carbocycles. The van der Waals surface area contributed by atoms with Crippen LogP contribution < -0.4 is 0 Å². The van der Waals surface area contributed by atoms with Gasteiger partial charge in [0.05, 0.1) is 4.90 Å². The van der Waals surface area contributed by atoms with Crippen LogP contribution in [0.15, 0.2) is 59.5 Å². The Morgan fingerprint density at radius 1 is 0.810 bits per heavy atom. The number of hydrogen-bond donors (Lipinski definition) is 0. The molecule has 2 rings (SSSR count). The average Bonchev–Trinajstić information content (AvgIpc) is 2.45. The quantitative estimate of drug-likeness (QED) is 0.757. The van der Waals surface area contributed by atoms with Crippen molar-refractivity contribution in [2.75, 3.05) is 0 Å². The van der Waals surface area contributed by atoms with Gasteiger partial charge in [-0.25, -0.2) is 8.42 Å². The Balaban J connectivity index is 2.52. The fourth-order valence-corrected chi connectivity index (χ4v) is 2.51. The first kappa shape index (κ1) is 15.1. The molecule has 0 atom stereocenters. The van der Waals surface area contributed by atoms with Gasteiger partial charge in [0.2, 0.25) is 0 Å². The molecule has 0 aliphatic rings. The van der Waals surface area contributed by atoms with E-state index in [9.17, 15) is 21.6 Å². The van der Waals surface area contributed by atoms with Crippen LogP contribution in [0.5, 0.6) is 0 Å². The third-order valence-electron chi connectivity index (χ3n) is 2.60. The van der Waals surface area contributed by atoms with Gasteiger partial charge in [0, 0.05) is 11.1 Å². The normalized spacial score (nSPS) is 11.6. The molecule has 0 saturated heterocycles. The predicted molar refractivity (Wildman–Crippen MR) is 72.1 cm³/mol. The summed E-state index contributed by atoms with van der Waals surface area (Å²) in [5.41, 5.74) is -4.95. The van der Waals surface area contributed by atoms with Crippen molar-refractivity contribution in [2.45, 2.75) is 10.4 Å². The second-order valence-electron chi connectivity index (χ2n) is 4.06. The molecule has 108 valence electrons. The average molecular weight is 310 g/mol. The van der Waals surface area contributed by atoms with Gasteiger partial charge in [0.1, 0.15) is 0 Å². The highest BCUT2D eigenvalue weighted by molar-refractivity contribution is 7.92. The highest BCUT2D eigenvalue weighted by Gasteiger charge is 2.47. The van der Waals surface area contributed by atoms with E-state index < -0.39 is 20.2 Å². The summed E-state index contributed by atoms with van der Waals surface area (Å²) in [6, 6.07) is 13.4. The van der Waals surface area contributed by atoms with Gasteiger partial charge < -0.3 is 0 Å². The number of sulfone groups is 1. The minimum Gasteiger partial charge on any atom is -0.214 e. The molecule has 0 bridgehead atoms. The third kappa shape index (κ3) is 3.26. The SMILES string of the molecule is O=S(=O)(c1ccccc1C#Cc1ccccc1)C(F)(F)F. The van der Waals surface area contributed by atoms with Crippen LogP contribution in [0.25, 0.3) is 0 Å². The maximum Gasteiger partial charge on any atom is 0.501 e. The molecule has 0 amide bonds. The predicted octanol–water partition coefficient (Wildman–Crippen LogP) is 3.38. The molecule has 0 heterocycles. The minimum atomic E-state index is -5.41. The van der Waals surface area contributed by atoms with Crippen LogP contribution in [0, 0.1) is 11.8 Å². The maximum absolute atomic E-state index is 12.6. The summed E-state index contributed by atoms with van der Waals surface area (Å²) in [5, 5.41) is 0. The third-order valence-corrected chi connectivity index (χ3v) is 4.14. The first-order valence-corrected chi connectivity index (χ1v) is 7.28. The molecule has 0 saturated carbocycles. The van der Waals surface area contributed by atoms with Gasteiger partial charge in [-0.1, -0.05) is 42.2 Å². The summed E-state index contributed by atoms with van der Waals surface area (Å²) in [4.78, 5) is -0.832. The Labute approximate surface area is 120 Å². The van der Waals surface area contributed by atoms with E-state index in [1.807, 2.05) is 0 Å². The molecule has 6 heteroatoms. The maximum atomic E-state index is 12.6. The Bertz CT molecular complexity index is 798. The molecular weight excluding hydrogens is 301 g/mol. The first-order chi connectivity index (χ1) is 9.82. The largest absolute Gasteiger partial charge is 0.501 e. The molecule has 2 nitrogen and oxygen atoms in total. The zero-order valence-electron chi connectivity index (χ0n) is 10.6. The van der Waals surface area contributed by atoms with Gasteiger partial charge in [-0.05, 0) is 24.3 Å². The van der Waals surface area contributed by atoms with Crippen molar-refractivity contribution in [3.05, 3.63) is 65.7 Å². The van der Waals surface area contributed by atoms with E-state index >= 15 is 0 Å². The monoisotopic (exact) mass is 310 g/mol. The van der Waals surface area contributed by atoms with Crippen molar-refractivity contribution in [1.29, 1.82) is 0 Å². The molecule has 0 aliphatic heterocycles. The fraction of sp³-hybridized carbons (Fsp3) is 0.0667. The zero-order chi connectivity index (χ0) is 15.5. The van der Waals surface area contributed by atoms with E-state index in [2.05, 4.69) is 11.8 Å². The van der Waals surface area contributed by atoms with Crippen LogP contribution in [0.1, 0.15) is 11.1 Å². The summed E-state index contributed by atoms with van der Waals surface area (Å²) in [6.07, 6.45) is 0. The van der Waals surface area contributed by atoms with Gasteiger partial charge in [-0.2, -0.15) is 13.2 Å². The summed E-state index contributed by atoms with van der Waals surface area (Å²) < 4.78 is 60.9. The lowest BCUT2D eigenvalue weighted by atomic mass is 10.2. The van der Waals surface area contributed by atoms with Crippen molar-refractivity contribution in [1.82, 2.24) is 0 Å². The van der Waals surface area contributed by atoms with E-state index in [1.165, 1.54) is 18.2 Å². The van der Waals surface area contributed by atoms with Crippen molar-refractivity contribution in [3.63, 3.8) is 0 Å². The number of hydrogen-bond acceptors (Lipinski definition) is 2. The van der Waals surface area contributed by atoms with Gasteiger partial charge >= 0.3 is 5.51 Å². The lowest BCUT2D eigenvalue weighted by molar-refractivity contribution is -0.0436. The van der Waals surface area contributed by atoms with Gasteiger partial charge in [-0.15, -0.1) is 0 Å². The Kier molecular flexibility index (Phi) is 4.05. The summed E-state index contributed by atoms with van der Waals surface area (Å²) >= 11 is 0. The molecule has 0 aromatic heterocycles. The first-order valence-electron chi connectivity index (χ1n) is 5.80. The number of benzene rings is 2. The number of rotatable bonds is 1. The minimum absolute atomic E-state index is 0.182. The highest BCUT2D eigenvalue weighted by Crippen LogP contribution is 2.31. The molecular formula is C15H9F3O2S. The Morgan fingerprint density at radius 3 is 2.00 bits per heavy atom. The lowest BCUT2D eigenvalue weighted by Crippen LogP contribution is -2.24. The van der Waals surface area contributed by atoms with Crippen LogP contribution in [-0.2, 0) is 9.84 Å². The fourth-order valence-electron chi connectivity index (χ4n) is 1.59. The second kappa shape index (κ2) is 5.62. The van der Waals surface area contributed by atoms with E-state index in [4.69, 9.17) is 0 Å². The van der Waals surface area contributed by atoms with Crippen molar-refractivity contribution in [2.24, 2.45) is 0 Å². The van der Waals surface area contributed by atoms with Crippen molar-refractivity contribution in [3.8, 4) is 11.8 Å². The summed E-state index contributed by atoms with van der Waals surface area (Å²) in [6.45, 7) is 0. The van der Waals surface area contributed by atoms with Gasteiger partial charge in [-0.3, -0.25) is 0 Å². The van der Waals surface area contributed by atoms with E-state index in [0.717, 1.165) is 6.07 Å². The van der Waals surface area contributed by atoms with Crippen LogP contribution in [-0.4, -0.2) is 13.9 Å². The molecule has 0 fully saturated rings. The summed E-state index contributed by atoms with van der Waals surface area (Å²) in [5.74, 6) is 5.12. The molecule has 2 aromatic rings. The number of alkyl halides is 3. The smallest absolute Gasteiger partial charge is 0.214 e. The van der Waals surface area contributed by atoms with E-state index in [1.54, 1.807) is 30.3 Å². The van der Waals surface area contributed by atoms with E-state index in [0.29, 0.717) is 5.56 Å². The van der Waals surface area contributed by atoms with Crippen LogP contribution in [0.3, 0.4) is 0 Å². The second-order valence-corrected chi connectivity index (χ2v) is 5.97. The molecule has 21 heavy (non-hydrogen) atoms. The number of halogens is 3. The van der Waals surface area contributed by atoms with Crippen LogP contribution in [0.4, 0.5) is 13.2 Å². The summed E-state index contributed by atoms with van der Waals surface area (Å²) in [7, 11) is -5.41. The molecule has 0 aliphatic carbocycles. The molecule has 0 spiro atoms. The standard InChI is InChI=1S/C15H9F3O2S/c16-15(17,18)21(19,20)14-9-5-4-8-13(14)11-10-12-6-2-1-3-7-12/h1-9H. The molecule has 0 unspecified atom stereocenters. The van der Waals surface area contributed by atoms with Crippen LogP contribution in [0.2, 0.25) is 0 Å². The Morgan fingerprint density at radius 2 is 1.38 bits per heavy atom. The molecule has 0 radical (unpaired) electrons. The van der Waals surface area contributed by atoms with Gasteiger partial charge in [0.15, 0.2) is 0 Å². The molecule has 0 N–H and O–H groups in total. The van der Waals surface area contributed by atoms with Crippen molar-refractivity contribution < 1.29 is 21.6 Å². The topological polar surface area (TPSA) is 34.1 Å². The lowest BCUT2D eigenvalue weighted by Gasteiger charge is -2.09. The van der Waals surface area contributed by atoms with Gasteiger partial charge in [0.25, 0.3) is 9.84 Å². The van der Waals surface area contributed by atoms with Crippen LogP contribution >= 0.6 is 0 Å². The zero-order valence-corrected chi connectivity index (χ0v) is 11.4.